The Balaban J connectivity index is 1.82. The van der Waals surface area contributed by atoms with Crippen LogP contribution in [0.2, 0.25) is 0 Å². The molecule has 0 aliphatic carbocycles. The summed E-state index contributed by atoms with van der Waals surface area (Å²) in [6.45, 7) is 0. The molecule has 0 aliphatic rings. The molecule has 0 radical (unpaired) electrons. The van der Waals surface area contributed by atoms with Crippen molar-refractivity contribution >= 4 is 0 Å². The molecule has 0 saturated carbocycles. The maximum Gasteiger partial charge on any atom is 0.416 e. The zero-order chi connectivity index (χ0) is 18.9. The third-order valence-electron chi connectivity index (χ3n) is 3.98. The topological polar surface area (TPSA) is 51.8 Å². The molecule has 0 aliphatic heterocycles. The third-order valence-corrected chi connectivity index (χ3v) is 3.98. The van der Waals surface area contributed by atoms with Crippen LogP contribution in [0.25, 0.3) is 34.0 Å². The molecule has 0 atom stereocenters. The Hall–Kier alpha value is -3.48. The first-order chi connectivity index (χ1) is 13.0. The van der Waals surface area contributed by atoms with E-state index in [1.807, 2.05) is 0 Å². The smallest absolute Gasteiger partial charge is 0.334 e. The summed E-state index contributed by atoms with van der Waals surface area (Å²) in [7, 11) is 0. The minimum absolute atomic E-state index is 0.0186. The van der Waals surface area contributed by atoms with Gasteiger partial charge in [-0.25, -0.2) is 0 Å². The van der Waals surface area contributed by atoms with Gasteiger partial charge in [0.15, 0.2) is 0 Å². The monoisotopic (exact) mass is 367 g/mol. The van der Waals surface area contributed by atoms with E-state index < -0.39 is 11.7 Å². The molecule has 0 spiro atoms. The van der Waals surface area contributed by atoms with Crippen molar-refractivity contribution in [3.8, 4) is 34.0 Å². The van der Waals surface area contributed by atoms with Gasteiger partial charge in [0.25, 0.3) is 5.89 Å². The first kappa shape index (κ1) is 17.0. The van der Waals surface area contributed by atoms with Crippen molar-refractivity contribution in [2.45, 2.75) is 6.18 Å². The zero-order valence-electron chi connectivity index (χ0n) is 13.8. The maximum atomic E-state index is 13.4. The van der Waals surface area contributed by atoms with Crippen LogP contribution in [0.5, 0.6) is 0 Å². The predicted molar refractivity (Wildman–Crippen MR) is 93.4 cm³/mol. The minimum Gasteiger partial charge on any atom is -0.334 e. The summed E-state index contributed by atoms with van der Waals surface area (Å²) in [4.78, 5) is 8.14. The van der Waals surface area contributed by atoms with Crippen LogP contribution in [0.1, 0.15) is 5.56 Å². The van der Waals surface area contributed by atoms with E-state index in [-0.39, 0.29) is 17.3 Å². The van der Waals surface area contributed by atoms with Gasteiger partial charge in [-0.1, -0.05) is 35.5 Å². The molecule has 134 valence electrons. The van der Waals surface area contributed by atoms with Crippen LogP contribution in [0.4, 0.5) is 13.2 Å². The quantitative estimate of drug-likeness (QED) is 0.481. The average Bonchev–Trinajstić information content (AvgIpc) is 3.19. The van der Waals surface area contributed by atoms with Crippen LogP contribution in [0.15, 0.2) is 77.6 Å². The highest BCUT2D eigenvalue weighted by Gasteiger charge is 2.32. The van der Waals surface area contributed by atoms with Gasteiger partial charge < -0.3 is 4.52 Å². The molecule has 4 rings (SSSR count). The lowest BCUT2D eigenvalue weighted by molar-refractivity contribution is -0.137. The molecule has 0 amide bonds. The molecule has 27 heavy (non-hydrogen) atoms. The molecule has 7 heteroatoms. The van der Waals surface area contributed by atoms with Gasteiger partial charge in [-0.2, -0.15) is 18.2 Å². The standard InChI is InChI=1S/C20H12F3N3O/c21-20(22,23)17-11-15(13-4-2-1-3-5-13)10-16(12-17)19-25-18(26-27-19)14-6-8-24-9-7-14/h1-12H. The van der Waals surface area contributed by atoms with E-state index in [1.54, 1.807) is 60.9 Å². The molecular weight excluding hydrogens is 355 g/mol. The SMILES string of the molecule is FC(F)(F)c1cc(-c2ccccc2)cc(-c2nc(-c3ccncc3)no2)c1. The first-order valence-corrected chi connectivity index (χ1v) is 8.03. The van der Waals surface area contributed by atoms with Gasteiger partial charge in [-0.3, -0.25) is 4.98 Å². The van der Waals surface area contributed by atoms with Crippen molar-refractivity contribution < 1.29 is 17.7 Å². The fourth-order valence-corrected chi connectivity index (χ4v) is 2.67. The summed E-state index contributed by atoms with van der Waals surface area (Å²) >= 11 is 0. The molecule has 0 unspecified atom stereocenters. The second-order valence-electron chi connectivity index (χ2n) is 5.82. The number of hydrogen-bond acceptors (Lipinski definition) is 4. The lowest BCUT2D eigenvalue weighted by Gasteiger charge is -2.11. The molecule has 2 heterocycles. The Morgan fingerprint density at radius 2 is 1.44 bits per heavy atom. The number of nitrogens with zero attached hydrogens (tertiary/aromatic N) is 3. The Morgan fingerprint density at radius 1 is 0.741 bits per heavy atom. The van der Waals surface area contributed by atoms with Crippen LogP contribution in [0.3, 0.4) is 0 Å². The molecular formula is C20H12F3N3O. The lowest BCUT2D eigenvalue weighted by Crippen LogP contribution is -2.05. The summed E-state index contributed by atoms with van der Waals surface area (Å²) in [6, 6.07) is 15.9. The Bertz CT molecular complexity index is 1060. The Kier molecular flexibility index (Phi) is 4.19. The highest BCUT2D eigenvalue weighted by Crippen LogP contribution is 2.36. The van der Waals surface area contributed by atoms with E-state index in [4.69, 9.17) is 4.52 Å². The number of pyridine rings is 1. The number of halogens is 3. The third kappa shape index (κ3) is 3.57. The van der Waals surface area contributed by atoms with Gasteiger partial charge in [0.2, 0.25) is 5.82 Å². The van der Waals surface area contributed by atoms with Crippen molar-refractivity contribution in [1.82, 2.24) is 15.1 Å². The second kappa shape index (κ2) is 6.68. The molecule has 0 fully saturated rings. The fourth-order valence-electron chi connectivity index (χ4n) is 2.67. The maximum absolute atomic E-state index is 13.4. The number of alkyl halides is 3. The van der Waals surface area contributed by atoms with Gasteiger partial charge in [-0.05, 0) is 41.5 Å². The zero-order valence-corrected chi connectivity index (χ0v) is 13.8. The highest BCUT2D eigenvalue weighted by molar-refractivity contribution is 5.71. The number of benzene rings is 2. The Labute approximate surface area is 152 Å². The number of aromatic nitrogens is 3. The number of hydrogen-bond donors (Lipinski definition) is 0. The molecule has 0 bridgehead atoms. The van der Waals surface area contributed by atoms with Crippen LogP contribution >= 0.6 is 0 Å². The summed E-state index contributed by atoms with van der Waals surface area (Å²) in [5.41, 5.74) is 1.18. The van der Waals surface area contributed by atoms with E-state index in [0.29, 0.717) is 16.7 Å². The van der Waals surface area contributed by atoms with Crippen molar-refractivity contribution in [2.24, 2.45) is 0 Å². The predicted octanol–water partition coefficient (Wildman–Crippen LogP) is 5.48. The number of rotatable bonds is 3. The molecule has 4 aromatic rings. The molecule has 2 aromatic carbocycles. The van der Waals surface area contributed by atoms with Gasteiger partial charge in [0.1, 0.15) is 0 Å². The highest BCUT2D eigenvalue weighted by atomic mass is 19.4. The van der Waals surface area contributed by atoms with Crippen molar-refractivity contribution in [3.63, 3.8) is 0 Å². The summed E-state index contributed by atoms with van der Waals surface area (Å²) in [6.07, 6.45) is -1.35. The molecule has 4 nitrogen and oxygen atoms in total. The van der Waals surface area contributed by atoms with Crippen LogP contribution < -0.4 is 0 Å². The first-order valence-electron chi connectivity index (χ1n) is 8.03. The minimum atomic E-state index is -4.49. The van der Waals surface area contributed by atoms with E-state index >= 15 is 0 Å². The molecule has 0 saturated heterocycles. The van der Waals surface area contributed by atoms with Gasteiger partial charge in [0, 0.05) is 23.5 Å². The normalized spacial score (nSPS) is 11.5. The van der Waals surface area contributed by atoms with E-state index in [2.05, 4.69) is 15.1 Å². The lowest BCUT2D eigenvalue weighted by atomic mass is 9.99. The second-order valence-corrected chi connectivity index (χ2v) is 5.82. The van der Waals surface area contributed by atoms with E-state index in [0.717, 1.165) is 12.1 Å². The van der Waals surface area contributed by atoms with Crippen molar-refractivity contribution in [3.05, 3.63) is 78.6 Å². The summed E-state index contributed by atoms with van der Waals surface area (Å²) < 4.78 is 45.3. The summed E-state index contributed by atoms with van der Waals surface area (Å²) in [5, 5.41) is 3.86. The van der Waals surface area contributed by atoms with Gasteiger partial charge >= 0.3 is 6.18 Å². The van der Waals surface area contributed by atoms with Crippen LogP contribution in [-0.4, -0.2) is 15.1 Å². The average molecular weight is 367 g/mol. The molecule has 0 N–H and O–H groups in total. The van der Waals surface area contributed by atoms with Crippen molar-refractivity contribution in [2.75, 3.05) is 0 Å². The fraction of sp³-hybridized carbons (Fsp3) is 0.0500. The van der Waals surface area contributed by atoms with Gasteiger partial charge in [-0.15, -0.1) is 0 Å². The van der Waals surface area contributed by atoms with Gasteiger partial charge in [0.05, 0.1) is 5.56 Å². The molecule has 2 aromatic heterocycles. The summed E-state index contributed by atoms with van der Waals surface area (Å²) in [5.74, 6) is 0.302. The van der Waals surface area contributed by atoms with Crippen molar-refractivity contribution in [1.29, 1.82) is 0 Å². The Morgan fingerprint density at radius 3 is 2.15 bits per heavy atom. The van der Waals surface area contributed by atoms with Crippen LogP contribution in [0, 0.1) is 0 Å². The van der Waals surface area contributed by atoms with E-state index in [1.165, 1.54) is 0 Å². The van der Waals surface area contributed by atoms with E-state index in [9.17, 15) is 13.2 Å². The van der Waals surface area contributed by atoms with Crippen LogP contribution in [-0.2, 0) is 6.18 Å². The largest absolute Gasteiger partial charge is 0.416 e.